The Kier molecular flexibility index (Phi) is 11.9. The third-order valence-corrected chi connectivity index (χ3v) is 7.26. The predicted octanol–water partition coefficient (Wildman–Crippen LogP) is 3.80. The van der Waals surface area contributed by atoms with Crippen molar-refractivity contribution >= 4 is 40.7 Å². The van der Waals surface area contributed by atoms with E-state index >= 15 is 0 Å². The van der Waals surface area contributed by atoms with Crippen LogP contribution in [-0.2, 0) is 35.2 Å². The van der Waals surface area contributed by atoms with Crippen molar-refractivity contribution in [3.8, 4) is 5.75 Å². The average Bonchev–Trinajstić information content (AvgIpc) is 3.05. The van der Waals surface area contributed by atoms with Crippen molar-refractivity contribution in [1.82, 2.24) is 20.1 Å². The van der Waals surface area contributed by atoms with Crippen LogP contribution in [0.5, 0.6) is 5.75 Å². The first kappa shape index (κ1) is 35.7. The highest BCUT2D eigenvalue weighted by molar-refractivity contribution is 6.00. The Bertz CT molecular complexity index is 1630. The number of carbonyl (C=O) groups is 5. The zero-order valence-corrected chi connectivity index (χ0v) is 27.9. The number of nitrogens with zero attached hydrogens (tertiary/aromatic N) is 3. The van der Waals surface area contributed by atoms with Gasteiger partial charge in [0, 0.05) is 37.6 Å². The first-order chi connectivity index (χ1) is 22.8. The second-order valence-electron chi connectivity index (χ2n) is 12.3. The lowest BCUT2D eigenvalue weighted by Gasteiger charge is -2.36. The van der Waals surface area contributed by atoms with Crippen molar-refractivity contribution < 1.29 is 42.9 Å². The normalized spacial score (nSPS) is 13.8. The molecule has 2 heterocycles. The summed E-state index contributed by atoms with van der Waals surface area (Å²) in [7, 11) is 0. The number of benzene rings is 2. The van der Waals surface area contributed by atoms with Crippen LogP contribution in [-0.4, -0.2) is 95.7 Å². The van der Waals surface area contributed by atoms with Crippen molar-refractivity contribution in [2.75, 3.05) is 39.4 Å². The highest BCUT2D eigenvalue weighted by atomic mass is 16.6. The van der Waals surface area contributed by atoms with Gasteiger partial charge in [-0.2, -0.15) is 0 Å². The summed E-state index contributed by atoms with van der Waals surface area (Å²) in [6.45, 7) is 9.42. The van der Waals surface area contributed by atoms with Gasteiger partial charge in [-0.05, 0) is 57.9 Å². The summed E-state index contributed by atoms with van der Waals surface area (Å²) in [5.41, 5.74) is 1.23. The zero-order chi connectivity index (χ0) is 34.8. The van der Waals surface area contributed by atoms with Crippen LogP contribution in [0.15, 0.2) is 54.6 Å². The van der Waals surface area contributed by atoms with Crippen molar-refractivity contribution in [2.24, 2.45) is 0 Å². The van der Waals surface area contributed by atoms with Gasteiger partial charge in [0.25, 0.3) is 5.91 Å². The van der Waals surface area contributed by atoms with Crippen LogP contribution < -0.4 is 10.1 Å². The number of fused-ring (bicyclic) bond motifs is 1. The van der Waals surface area contributed by atoms with E-state index in [4.69, 9.17) is 18.9 Å². The summed E-state index contributed by atoms with van der Waals surface area (Å²) in [5.74, 6) is -2.31. The molecule has 2 aromatic carbocycles. The van der Waals surface area contributed by atoms with E-state index in [0.717, 1.165) is 11.1 Å². The summed E-state index contributed by atoms with van der Waals surface area (Å²) in [6, 6.07) is 14.7. The summed E-state index contributed by atoms with van der Waals surface area (Å²) in [5, 5.41) is 3.23. The molecule has 48 heavy (non-hydrogen) atoms. The lowest BCUT2D eigenvalue weighted by atomic mass is 10.1. The molecule has 1 aliphatic rings. The molecule has 1 atom stereocenters. The molecule has 0 saturated carbocycles. The fraction of sp³-hybridized carbons (Fsp3) is 0.429. The molecule has 4 rings (SSSR count). The summed E-state index contributed by atoms with van der Waals surface area (Å²) in [6.07, 6.45) is -0.897. The van der Waals surface area contributed by atoms with Crippen LogP contribution in [0.3, 0.4) is 0 Å². The molecule has 0 radical (unpaired) electrons. The van der Waals surface area contributed by atoms with Gasteiger partial charge >= 0.3 is 18.0 Å². The quantitative estimate of drug-likeness (QED) is 0.237. The lowest BCUT2D eigenvalue weighted by Crippen LogP contribution is -2.56. The molecule has 1 aromatic heterocycles. The van der Waals surface area contributed by atoms with Gasteiger partial charge in [-0.15, -0.1) is 0 Å². The van der Waals surface area contributed by atoms with E-state index < -0.39 is 54.5 Å². The number of hydrogen-bond donors (Lipinski definition) is 1. The fourth-order valence-corrected chi connectivity index (χ4v) is 4.99. The van der Waals surface area contributed by atoms with Crippen molar-refractivity contribution in [1.29, 1.82) is 0 Å². The molecule has 3 amide bonds. The van der Waals surface area contributed by atoms with Crippen LogP contribution in [0.4, 0.5) is 4.79 Å². The Morgan fingerprint density at radius 2 is 1.58 bits per heavy atom. The number of carbonyl (C=O) groups excluding carboxylic acids is 5. The molecule has 13 nitrogen and oxygen atoms in total. The minimum absolute atomic E-state index is 0.0813. The minimum atomic E-state index is -1.28. The number of aryl methyl sites for hydroxylation is 1. The first-order valence-electron chi connectivity index (χ1n) is 15.8. The van der Waals surface area contributed by atoms with Crippen LogP contribution in [0.1, 0.15) is 55.7 Å². The molecule has 0 bridgehead atoms. The zero-order valence-electron chi connectivity index (χ0n) is 27.9. The van der Waals surface area contributed by atoms with E-state index in [1.165, 1.54) is 15.9 Å². The van der Waals surface area contributed by atoms with Gasteiger partial charge in [0.15, 0.2) is 6.61 Å². The Morgan fingerprint density at radius 1 is 0.896 bits per heavy atom. The molecule has 3 aromatic rings. The summed E-state index contributed by atoms with van der Waals surface area (Å²) in [4.78, 5) is 72.4. The van der Waals surface area contributed by atoms with Crippen LogP contribution in [0.25, 0.3) is 10.9 Å². The van der Waals surface area contributed by atoms with E-state index in [1.807, 2.05) is 43.3 Å². The second kappa shape index (κ2) is 16.1. The number of esters is 2. The monoisotopic (exact) mass is 662 g/mol. The molecule has 1 saturated heterocycles. The molecule has 256 valence electrons. The largest absolute Gasteiger partial charge is 0.481 e. The minimum Gasteiger partial charge on any atom is -0.481 e. The molecule has 1 N–H and O–H groups in total. The van der Waals surface area contributed by atoms with E-state index in [9.17, 15) is 24.0 Å². The standard InChI is InChI=1S/C35H42N4O9/c1-6-45-34(44)39-16-14-38(15-17-39)33(43)28(20-30(40)48-35(3,4)5)37-32(42)27-19-29(25-13-12-23(2)18-26(25)36-27)46-22-31(41)47-21-24-10-8-7-9-11-24/h7-13,18-19,28H,6,14-17,20-22H2,1-5H3,(H,37,42). The Morgan fingerprint density at radius 3 is 2.25 bits per heavy atom. The van der Waals surface area contributed by atoms with Gasteiger partial charge in [0.2, 0.25) is 5.91 Å². The van der Waals surface area contributed by atoms with Crippen LogP contribution in [0.2, 0.25) is 0 Å². The first-order valence-corrected chi connectivity index (χ1v) is 15.8. The van der Waals surface area contributed by atoms with Gasteiger partial charge in [0.1, 0.15) is 29.7 Å². The van der Waals surface area contributed by atoms with Crippen molar-refractivity contribution in [3.05, 3.63) is 71.4 Å². The Hall–Kier alpha value is -5.20. The SMILES string of the molecule is CCOC(=O)N1CCN(C(=O)C(CC(=O)OC(C)(C)C)NC(=O)c2cc(OCC(=O)OCc3ccccc3)c3ccc(C)cc3n2)CC1. The number of ether oxygens (including phenoxy) is 4. The van der Waals surface area contributed by atoms with Gasteiger partial charge in [0.05, 0.1) is 18.5 Å². The molecular formula is C35H42N4O9. The number of amides is 3. The van der Waals surface area contributed by atoms with E-state index in [-0.39, 0.29) is 50.8 Å². The number of hydrogen-bond acceptors (Lipinski definition) is 10. The smallest absolute Gasteiger partial charge is 0.409 e. The van der Waals surface area contributed by atoms with Crippen molar-refractivity contribution in [3.63, 3.8) is 0 Å². The number of aromatic nitrogens is 1. The average molecular weight is 663 g/mol. The molecular weight excluding hydrogens is 620 g/mol. The van der Waals surface area contributed by atoms with Gasteiger partial charge in [-0.3, -0.25) is 14.4 Å². The van der Waals surface area contributed by atoms with Crippen LogP contribution >= 0.6 is 0 Å². The maximum atomic E-state index is 13.7. The molecule has 0 spiro atoms. The Labute approximate surface area is 279 Å². The fourth-order valence-electron chi connectivity index (χ4n) is 4.99. The van der Waals surface area contributed by atoms with Gasteiger partial charge in [-0.25, -0.2) is 14.6 Å². The van der Waals surface area contributed by atoms with E-state index in [2.05, 4.69) is 10.3 Å². The van der Waals surface area contributed by atoms with Crippen molar-refractivity contribution in [2.45, 2.75) is 59.3 Å². The van der Waals surface area contributed by atoms with Gasteiger partial charge < -0.3 is 34.1 Å². The van der Waals surface area contributed by atoms with E-state index in [0.29, 0.717) is 10.9 Å². The number of nitrogens with one attached hydrogen (secondary N) is 1. The summed E-state index contributed by atoms with van der Waals surface area (Å²) >= 11 is 0. The molecule has 13 heteroatoms. The molecule has 1 fully saturated rings. The predicted molar refractivity (Wildman–Crippen MR) is 175 cm³/mol. The second-order valence-corrected chi connectivity index (χ2v) is 12.3. The number of piperazine rings is 1. The van der Waals surface area contributed by atoms with Gasteiger partial charge in [-0.1, -0.05) is 36.4 Å². The molecule has 0 aliphatic carbocycles. The number of pyridine rings is 1. The number of rotatable bonds is 11. The topological polar surface area (TPSA) is 154 Å². The maximum absolute atomic E-state index is 13.7. The van der Waals surface area contributed by atoms with E-state index in [1.54, 1.807) is 39.8 Å². The van der Waals surface area contributed by atoms with Crippen LogP contribution in [0, 0.1) is 6.92 Å². The third kappa shape index (κ3) is 10.1. The molecule has 1 unspecified atom stereocenters. The summed E-state index contributed by atoms with van der Waals surface area (Å²) < 4.78 is 21.7. The highest BCUT2D eigenvalue weighted by Crippen LogP contribution is 2.27. The molecule has 1 aliphatic heterocycles. The third-order valence-electron chi connectivity index (χ3n) is 7.26. The Balaban J connectivity index is 1.52. The lowest BCUT2D eigenvalue weighted by molar-refractivity contribution is -0.157. The maximum Gasteiger partial charge on any atom is 0.409 e. The highest BCUT2D eigenvalue weighted by Gasteiger charge is 2.33.